The van der Waals surface area contributed by atoms with Gasteiger partial charge in [-0.1, -0.05) is 43.5 Å². The Morgan fingerprint density at radius 1 is 0.880 bits per heavy atom. The quantitative estimate of drug-likeness (QED) is 0.435. The standard InChI is InChI=1S/C20H18F4O/c21-17-10-16(11-18(22)20(17)25-12-19(23)24)15-8-6-14(7-9-15)13-4-2-1-3-5-13/h6-13H,1-5H2. The summed E-state index contributed by atoms with van der Waals surface area (Å²) in [5.74, 6) is -2.34. The molecule has 132 valence electrons. The van der Waals surface area contributed by atoms with E-state index in [9.17, 15) is 17.6 Å². The molecule has 0 saturated heterocycles. The Labute approximate surface area is 143 Å². The molecular formula is C20H18F4O. The Morgan fingerprint density at radius 3 is 2.04 bits per heavy atom. The third kappa shape index (κ3) is 4.21. The Morgan fingerprint density at radius 2 is 1.48 bits per heavy atom. The van der Waals surface area contributed by atoms with Crippen LogP contribution in [0.25, 0.3) is 11.1 Å². The van der Waals surface area contributed by atoms with Gasteiger partial charge in [0.25, 0.3) is 0 Å². The molecular weight excluding hydrogens is 332 g/mol. The van der Waals surface area contributed by atoms with Crippen LogP contribution in [0.2, 0.25) is 0 Å². The predicted molar refractivity (Wildman–Crippen MR) is 88.5 cm³/mol. The molecule has 0 N–H and O–H groups in total. The summed E-state index contributed by atoms with van der Waals surface area (Å²) in [6, 6.07) is 9.81. The van der Waals surface area contributed by atoms with E-state index in [4.69, 9.17) is 0 Å². The summed E-state index contributed by atoms with van der Waals surface area (Å²) in [6.07, 6.45) is 3.95. The third-order valence-corrected chi connectivity index (χ3v) is 4.58. The van der Waals surface area contributed by atoms with Crippen molar-refractivity contribution in [2.24, 2.45) is 0 Å². The molecule has 3 rings (SSSR count). The van der Waals surface area contributed by atoms with Crippen molar-refractivity contribution in [3.05, 3.63) is 65.9 Å². The van der Waals surface area contributed by atoms with Crippen molar-refractivity contribution in [2.45, 2.75) is 38.0 Å². The highest BCUT2D eigenvalue weighted by molar-refractivity contribution is 5.65. The number of hydrogen-bond acceptors (Lipinski definition) is 1. The maximum atomic E-state index is 14.0. The molecule has 2 aromatic carbocycles. The number of rotatable bonds is 4. The summed E-state index contributed by atoms with van der Waals surface area (Å²) >= 11 is 0. The monoisotopic (exact) mass is 350 g/mol. The lowest BCUT2D eigenvalue weighted by Gasteiger charge is -2.22. The van der Waals surface area contributed by atoms with Crippen LogP contribution in [0.15, 0.2) is 48.7 Å². The molecule has 1 nitrogen and oxygen atoms in total. The molecule has 0 atom stereocenters. The molecule has 1 fully saturated rings. The second kappa shape index (κ2) is 7.72. The molecule has 2 aromatic rings. The first-order valence-electron chi connectivity index (χ1n) is 8.32. The van der Waals surface area contributed by atoms with Crippen molar-refractivity contribution in [2.75, 3.05) is 0 Å². The van der Waals surface area contributed by atoms with Crippen LogP contribution in [0.1, 0.15) is 43.6 Å². The van der Waals surface area contributed by atoms with Crippen LogP contribution in [0.3, 0.4) is 0 Å². The van der Waals surface area contributed by atoms with Gasteiger partial charge in [0, 0.05) is 0 Å². The van der Waals surface area contributed by atoms with Gasteiger partial charge in [-0.15, -0.1) is 0 Å². The highest BCUT2D eigenvalue weighted by Gasteiger charge is 2.17. The molecule has 5 heteroatoms. The van der Waals surface area contributed by atoms with Crippen molar-refractivity contribution < 1.29 is 22.3 Å². The minimum absolute atomic E-state index is 0.0140. The maximum Gasteiger partial charge on any atom is 0.305 e. The minimum Gasteiger partial charge on any atom is -0.453 e. The van der Waals surface area contributed by atoms with Crippen LogP contribution < -0.4 is 4.74 Å². The van der Waals surface area contributed by atoms with Gasteiger partial charge in [0.05, 0.1) is 0 Å². The van der Waals surface area contributed by atoms with Crippen LogP contribution >= 0.6 is 0 Å². The van der Waals surface area contributed by atoms with E-state index in [2.05, 4.69) is 4.74 Å². The molecule has 0 unspecified atom stereocenters. The smallest absolute Gasteiger partial charge is 0.305 e. The van der Waals surface area contributed by atoms with Crippen molar-refractivity contribution in [3.63, 3.8) is 0 Å². The van der Waals surface area contributed by atoms with Crippen LogP contribution in [-0.2, 0) is 0 Å². The number of halogens is 4. The SMILES string of the molecule is FC(F)=COc1c(F)cc(-c2ccc(C3CCCCC3)cc2)cc1F. The van der Waals surface area contributed by atoms with Crippen molar-refractivity contribution in [3.8, 4) is 16.9 Å². The van der Waals surface area contributed by atoms with Crippen LogP contribution in [0.4, 0.5) is 17.6 Å². The van der Waals surface area contributed by atoms with E-state index >= 15 is 0 Å². The number of benzene rings is 2. The van der Waals surface area contributed by atoms with E-state index in [-0.39, 0.29) is 6.26 Å². The second-order valence-corrected chi connectivity index (χ2v) is 6.25. The highest BCUT2D eigenvalue weighted by Crippen LogP contribution is 2.34. The fourth-order valence-corrected chi connectivity index (χ4v) is 3.33. The summed E-state index contributed by atoms with van der Waals surface area (Å²) in [4.78, 5) is 0. The van der Waals surface area contributed by atoms with Crippen LogP contribution in [0, 0.1) is 11.6 Å². The first-order valence-corrected chi connectivity index (χ1v) is 8.32. The normalized spacial score (nSPS) is 15.0. The lowest BCUT2D eigenvalue weighted by molar-refractivity contribution is 0.344. The molecule has 0 spiro atoms. The number of ether oxygens (including phenoxy) is 1. The molecule has 1 saturated carbocycles. The fourth-order valence-electron chi connectivity index (χ4n) is 3.33. The zero-order chi connectivity index (χ0) is 17.8. The lowest BCUT2D eigenvalue weighted by atomic mass is 9.84. The van der Waals surface area contributed by atoms with Crippen LogP contribution in [-0.4, -0.2) is 0 Å². The summed E-state index contributed by atoms with van der Waals surface area (Å²) < 4.78 is 56.3. The van der Waals surface area contributed by atoms with Gasteiger partial charge in [-0.3, -0.25) is 0 Å². The Kier molecular flexibility index (Phi) is 5.41. The summed E-state index contributed by atoms with van der Waals surface area (Å²) in [7, 11) is 0. The van der Waals surface area contributed by atoms with Gasteiger partial charge in [0.1, 0.15) is 0 Å². The van der Waals surface area contributed by atoms with Gasteiger partial charge in [-0.25, -0.2) is 8.78 Å². The average Bonchev–Trinajstić information content (AvgIpc) is 2.61. The molecule has 1 aliphatic carbocycles. The van der Waals surface area contributed by atoms with Gasteiger partial charge < -0.3 is 4.74 Å². The molecule has 0 radical (unpaired) electrons. The molecule has 0 aliphatic heterocycles. The minimum atomic E-state index is -2.17. The predicted octanol–water partition coefficient (Wildman–Crippen LogP) is 6.80. The number of hydrogen-bond donors (Lipinski definition) is 0. The van der Waals surface area contributed by atoms with E-state index in [1.807, 2.05) is 24.3 Å². The fraction of sp³-hybridized carbons (Fsp3) is 0.300. The van der Waals surface area contributed by atoms with E-state index < -0.39 is 23.5 Å². The highest BCUT2D eigenvalue weighted by atomic mass is 19.3. The van der Waals surface area contributed by atoms with E-state index in [1.54, 1.807) is 0 Å². The first kappa shape index (κ1) is 17.5. The van der Waals surface area contributed by atoms with Gasteiger partial charge in [-0.05, 0) is 47.6 Å². The van der Waals surface area contributed by atoms with Gasteiger partial charge >= 0.3 is 6.08 Å². The Hall–Kier alpha value is -2.30. The summed E-state index contributed by atoms with van der Waals surface area (Å²) in [5.41, 5.74) is 2.24. The topological polar surface area (TPSA) is 9.23 Å². The molecule has 1 aliphatic rings. The largest absolute Gasteiger partial charge is 0.453 e. The lowest BCUT2D eigenvalue weighted by Crippen LogP contribution is -2.04. The maximum absolute atomic E-state index is 14.0. The second-order valence-electron chi connectivity index (χ2n) is 6.25. The molecule has 0 heterocycles. The van der Waals surface area contributed by atoms with Crippen LogP contribution in [0.5, 0.6) is 5.75 Å². The summed E-state index contributed by atoms with van der Waals surface area (Å²) in [5, 5.41) is 0. The third-order valence-electron chi connectivity index (χ3n) is 4.58. The van der Waals surface area contributed by atoms with Gasteiger partial charge in [0.15, 0.2) is 23.6 Å². The molecule has 0 amide bonds. The van der Waals surface area contributed by atoms with E-state index in [0.717, 1.165) is 12.1 Å². The van der Waals surface area contributed by atoms with E-state index in [1.165, 1.54) is 37.7 Å². The average molecular weight is 350 g/mol. The summed E-state index contributed by atoms with van der Waals surface area (Å²) in [6.45, 7) is 0. The molecule has 25 heavy (non-hydrogen) atoms. The first-order chi connectivity index (χ1) is 12.0. The van der Waals surface area contributed by atoms with E-state index in [0.29, 0.717) is 17.0 Å². The van der Waals surface area contributed by atoms with Crippen molar-refractivity contribution in [1.82, 2.24) is 0 Å². The van der Waals surface area contributed by atoms with Gasteiger partial charge in [0.2, 0.25) is 0 Å². The Balaban J connectivity index is 1.82. The zero-order valence-electron chi connectivity index (χ0n) is 13.6. The van der Waals surface area contributed by atoms with Crippen molar-refractivity contribution in [1.29, 1.82) is 0 Å². The Bertz CT molecular complexity index is 735. The molecule has 0 aromatic heterocycles. The van der Waals surface area contributed by atoms with Gasteiger partial charge in [-0.2, -0.15) is 8.78 Å². The van der Waals surface area contributed by atoms with Crippen molar-refractivity contribution >= 4 is 0 Å². The molecule has 0 bridgehead atoms. The zero-order valence-corrected chi connectivity index (χ0v) is 13.6.